The lowest BCUT2D eigenvalue weighted by atomic mass is 10.1. The van der Waals surface area contributed by atoms with Crippen molar-refractivity contribution in [3.05, 3.63) is 22.4 Å². The number of hydrogen-bond acceptors (Lipinski definition) is 3. The number of likely N-dealkylation sites (N-methyl/N-ethyl adjacent to an activating group) is 1. The van der Waals surface area contributed by atoms with Crippen LogP contribution in [-0.4, -0.2) is 35.0 Å². The van der Waals surface area contributed by atoms with E-state index < -0.39 is 12.0 Å². The number of carbonyl (C=O) groups is 2. The van der Waals surface area contributed by atoms with Crippen LogP contribution in [0.3, 0.4) is 0 Å². The van der Waals surface area contributed by atoms with Gasteiger partial charge in [-0.3, -0.25) is 4.79 Å². The molecule has 0 saturated carbocycles. The zero-order chi connectivity index (χ0) is 12.8. The molecular formula is C12H17NO3S. The summed E-state index contributed by atoms with van der Waals surface area (Å²) in [6.07, 6.45) is 1.47. The van der Waals surface area contributed by atoms with Crippen LogP contribution < -0.4 is 0 Å². The number of aryl methyl sites for hydroxylation is 1. The van der Waals surface area contributed by atoms with Gasteiger partial charge in [0.25, 0.3) is 0 Å². The number of carboxylic acid groups (broad SMARTS) is 1. The molecule has 1 atom stereocenters. The highest BCUT2D eigenvalue weighted by molar-refractivity contribution is 7.09. The number of amides is 1. The standard InChI is InChI=1S/C12H17NO3S/c1-3-10(12(15)16)13(2)11(14)7-6-9-5-4-8-17-9/h4-5,8,10H,3,6-7H2,1-2H3,(H,15,16). The van der Waals surface area contributed by atoms with Crippen molar-refractivity contribution in [2.24, 2.45) is 0 Å². The van der Waals surface area contributed by atoms with Gasteiger partial charge in [-0.15, -0.1) is 11.3 Å². The molecule has 1 rings (SSSR count). The van der Waals surface area contributed by atoms with Gasteiger partial charge in [0, 0.05) is 18.3 Å². The van der Waals surface area contributed by atoms with Gasteiger partial charge in [-0.1, -0.05) is 13.0 Å². The Morgan fingerprint density at radius 2 is 2.24 bits per heavy atom. The van der Waals surface area contributed by atoms with Gasteiger partial charge in [0.05, 0.1) is 0 Å². The van der Waals surface area contributed by atoms with E-state index >= 15 is 0 Å². The number of hydrogen-bond donors (Lipinski definition) is 1. The van der Waals surface area contributed by atoms with Crippen molar-refractivity contribution >= 4 is 23.2 Å². The van der Waals surface area contributed by atoms with Crippen LogP contribution >= 0.6 is 11.3 Å². The van der Waals surface area contributed by atoms with Crippen LogP contribution in [0.1, 0.15) is 24.6 Å². The summed E-state index contributed by atoms with van der Waals surface area (Å²) in [5, 5.41) is 10.9. The number of carbonyl (C=O) groups excluding carboxylic acids is 1. The highest BCUT2D eigenvalue weighted by atomic mass is 32.1. The summed E-state index contributed by atoms with van der Waals surface area (Å²) in [7, 11) is 1.55. The molecule has 1 N–H and O–H groups in total. The lowest BCUT2D eigenvalue weighted by molar-refractivity contribution is -0.149. The highest BCUT2D eigenvalue weighted by Crippen LogP contribution is 2.12. The van der Waals surface area contributed by atoms with Gasteiger partial charge in [0.2, 0.25) is 5.91 Å². The number of carboxylic acids is 1. The smallest absolute Gasteiger partial charge is 0.326 e. The zero-order valence-corrected chi connectivity index (χ0v) is 10.9. The lowest BCUT2D eigenvalue weighted by Gasteiger charge is -2.23. The first-order chi connectivity index (χ1) is 8.06. The second kappa shape index (κ2) is 6.39. The Bertz CT molecular complexity index is 375. The van der Waals surface area contributed by atoms with Crippen molar-refractivity contribution in [2.45, 2.75) is 32.2 Å². The molecular weight excluding hydrogens is 238 g/mol. The fraction of sp³-hybridized carbons (Fsp3) is 0.500. The van der Waals surface area contributed by atoms with E-state index in [1.165, 1.54) is 4.90 Å². The third-order valence-corrected chi connectivity index (χ3v) is 3.63. The van der Waals surface area contributed by atoms with Crippen LogP contribution in [0, 0.1) is 0 Å². The molecule has 0 aliphatic rings. The SMILES string of the molecule is CCC(C(=O)O)N(C)C(=O)CCc1cccs1. The van der Waals surface area contributed by atoms with Crippen molar-refractivity contribution in [3.8, 4) is 0 Å². The summed E-state index contributed by atoms with van der Waals surface area (Å²) in [6.45, 7) is 1.77. The summed E-state index contributed by atoms with van der Waals surface area (Å²) in [5.41, 5.74) is 0. The van der Waals surface area contributed by atoms with Crippen molar-refractivity contribution in [2.75, 3.05) is 7.05 Å². The molecule has 1 aromatic heterocycles. The van der Waals surface area contributed by atoms with Gasteiger partial charge in [0.15, 0.2) is 0 Å². The van der Waals surface area contributed by atoms with E-state index in [-0.39, 0.29) is 5.91 Å². The quantitative estimate of drug-likeness (QED) is 0.846. The Morgan fingerprint density at radius 1 is 1.53 bits per heavy atom. The molecule has 0 saturated heterocycles. The van der Waals surface area contributed by atoms with Crippen molar-refractivity contribution < 1.29 is 14.7 Å². The molecule has 4 nitrogen and oxygen atoms in total. The molecule has 0 bridgehead atoms. The van der Waals surface area contributed by atoms with Gasteiger partial charge in [-0.25, -0.2) is 4.79 Å². The van der Waals surface area contributed by atoms with Crippen LogP contribution in [0.25, 0.3) is 0 Å². The van der Waals surface area contributed by atoms with E-state index in [0.717, 1.165) is 4.88 Å². The van der Waals surface area contributed by atoms with E-state index in [1.54, 1.807) is 25.3 Å². The van der Waals surface area contributed by atoms with Crippen LogP contribution in [0.5, 0.6) is 0 Å². The average molecular weight is 255 g/mol. The average Bonchev–Trinajstić information content (AvgIpc) is 2.78. The highest BCUT2D eigenvalue weighted by Gasteiger charge is 2.24. The number of aliphatic carboxylic acids is 1. The summed E-state index contributed by atoms with van der Waals surface area (Å²) in [5.74, 6) is -1.06. The Balaban J connectivity index is 2.49. The monoisotopic (exact) mass is 255 g/mol. The largest absolute Gasteiger partial charge is 0.480 e. The molecule has 1 aromatic rings. The Hall–Kier alpha value is -1.36. The first kappa shape index (κ1) is 13.7. The van der Waals surface area contributed by atoms with Gasteiger partial charge < -0.3 is 10.0 Å². The van der Waals surface area contributed by atoms with E-state index in [0.29, 0.717) is 19.3 Å². The topological polar surface area (TPSA) is 57.6 Å². The lowest BCUT2D eigenvalue weighted by Crippen LogP contribution is -2.42. The first-order valence-corrected chi connectivity index (χ1v) is 6.45. The number of rotatable bonds is 6. The predicted octanol–water partition coefficient (Wildman–Crippen LogP) is 2.00. The normalized spacial score (nSPS) is 12.1. The second-order valence-corrected chi connectivity index (χ2v) is 4.88. The van der Waals surface area contributed by atoms with Crippen LogP contribution in [-0.2, 0) is 16.0 Å². The van der Waals surface area contributed by atoms with Gasteiger partial charge in [-0.2, -0.15) is 0 Å². The second-order valence-electron chi connectivity index (χ2n) is 3.85. The van der Waals surface area contributed by atoms with Crippen LogP contribution in [0.2, 0.25) is 0 Å². The molecule has 5 heteroatoms. The maximum absolute atomic E-state index is 11.8. The third-order valence-electron chi connectivity index (χ3n) is 2.70. The molecule has 0 aliphatic carbocycles. The van der Waals surface area contributed by atoms with Gasteiger partial charge >= 0.3 is 5.97 Å². The molecule has 1 unspecified atom stereocenters. The fourth-order valence-corrected chi connectivity index (χ4v) is 2.36. The van der Waals surface area contributed by atoms with Crippen molar-refractivity contribution in [3.63, 3.8) is 0 Å². The minimum Gasteiger partial charge on any atom is -0.480 e. The first-order valence-electron chi connectivity index (χ1n) is 5.57. The van der Waals surface area contributed by atoms with E-state index in [9.17, 15) is 9.59 Å². The molecule has 0 aromatic carbocycles. The summed E-state index contributed by atoms with van der Waals surface area (Å²) < 4.78 is 0. The summed E-state index contributed by atoms with van der Waals surface area (Å²) >= 11 is 1.61. The molecule has 0 spiro atoms. The van der Waals surface area contributed by atoms with Crippen molar-refractivity contribution in [1.82, 2.24) is 4.90 Å². The summed E-state index contributed by atoms with van der Waals surface area (Å²) in [4.78, 5) is 25.2. The zero-order valence-electron chi connectivity index (χ0n) is 10.0. The number of thiophene rings is 1. The summed E-state index contributed by atoms with van der Waals surface area (Å²) in [6, 6.07) is 3.21. The van der Waals surface area contributed by atoms with E-state index in [4.69, 9.17) is 5.11 Å². The van der Waals surface area contributed by atoms with E-state index in [1.807, 2.05) is 17.5 Å². The third kappa shape index (κ3) is 3.85. The molecule has 1 heterocycles. The minimum atomic E-state index is -0.945. The molecule has 0 aliphatic heterocycles. The minimum absolute atomic E-state index is 0.118. The van der Waals surface area contributed by atoms with Crippen LogP contribution in [0.4, 0.5) is 0 Å². The van der Waals surface area contributed by atoms with E-state index in [2.05, 4.69) is 0 Å². The Kier molecular flexibility index (Phi) is 5.15. The molecule has 17 heavy (non-hydrogen) atoms. The van der Waals surface area contributed by atoms with Crippen LogP contribution in [0.15, 0.2) is 17.5 Å². The van der Waals surface area contributed by atoms with Gasteiger partial charge in [-0.05, 0) is 24.3 Å². The molecule has 1 amide bonds. The maximum atomic E-state index is 11.8. The van der Waals surface area contributed by atoms with Gasteiger partial charge in [0.1, 0.15) is 6.04 Å². The van der Waals surface area contributed by atoms with Crippen molar-refractivity contribution in [1.29, 1.82) is 0 Å². The maximum Gasteiger partial charge on any atom is 0.326 e. The molecule has 0 fully saturated rings. The molecule has 94 valence electrons. The fourth-order valence-electron chi connectivity index (χ4n) is 1.65. The Morgan fingerprint density at radius 3 is 2.71 bits per heavy atom. The predicted molar refractivity (Wildman–Crippen MR) is 67.1 cm³/mol. The molecule has 0 radical (unpaired) electrons. The Labute approximate surface area is 105 Å². The number of nitrogens with zero attached hydrogens (tertiary/aromatic N) is 1.